The van der Waals surface area contributed by atoms with Crippen LogP contribution in [0, 0.1) is 6.92 Å². The van der Waals surface area contributed by atoms with Crippen molar-refractivity contribution in [2.75, 3.05) is 0 Å². The molecule has 0 aliphatic rings. The lowest BCUT2D eigenvalue weighted by atomic mass is 9.91. The van der Waals surface area contributed by atoms with E-state index in [0.717, 1.165) is 11.1 Å². The number of aryl methyl sites for hydroxylation is 1. The van der Waals surface area contributed by atoms with Gasteiger partial charge in [0, 0.05) is 0 Å². The standard InChI is InChI=1S/C17H16/c1-4-14-12-11-13(3)17(16(14)5-2)15-9-7-6-8-10-15/h4-12H,1-2H2,3H3. The lowest BCUT2D eigenvalue weighted by Crippen LogP contribution is -1.91. The predicted octanol–water partition coefficient (Wildman–Crippen LogP) is 4.95. The Morgan fingerprint density at radius 1 is 0.882 bits per heavy atom. The summed E-state index contributed by atoms with van der Waals surface area (Å²) >= 11 is 0. The van der Waals surface area contributed by atoms with Crippen molar-refractivity contribution >= 4 is 12.2 Å². The van der Waals surface area contributed by atoms with Crippen molar-refractivity contribution in [1.82, 2.24) is 0 Å². The van der Waals surface area contributed by atoms with E-state index in [-0.39, 0.29) is 0 Å². The summed E-state index contributed by atoms with van der Waals surface area (Å²) in [5.74, 6) is 0. The Kier molecular flexibility index (Phi) is 3.24. The minimum absolute atomic E-state index is 1.13. The highest BCUT2D eigenvalue weighted by Gasteiger charge is 2.08. The predicted molar refractivity (Wildman–Crippen MR) is 76.8 cm³/mol. The molecular formula is C17H16. The molecule has 0 heterocycles. The average molecular weight is 220 g/mol. The van der Waals surface area contributed by atoms with E-state index in [1.165, 1.54) is 16.7 Å². The van der Waals surface area contributed by atoms with E-state index in [4.69, 9.17) is 0 Å². The fraction of sp³-hybridized carbons (Fsp3) is 0.0588. The zero-order chi connectivity index (χ0) is 12.3. The average Bonchev–Trinajstić information content (AvgIpc) is 2.39. The van der Waals surface area contributed by atoms with Gasteiger partial charge in [0.2, 0.25) is 0 Å². The molecule has 0 saturated carbocycles. The van der Waals surface area contributed by atoms with E-state index < -0.39 is 0 Å². The van der Waals surface area contributed by atoms with Gasteiger partial charge < -0.3 is 0 Å². The Morgan fingerprint density at radius 3 is 2.18 bits per heavy atom. The zero-order valence-electron chi connectivity index (χ0n) is 10.1. The molecule has 0 bridgehead atoms. The largest absolute Gasteiger partial charge is 0.0984 e. The Balaban J connectivity index is 2.76. The normalized spacial score (nSPS) is 9.94. The fourth-order valence-electron chi connectivity index (χ4n) is 2.13. The van der Waals surface area contributed by atoms with E-state index in [0.29, 0.717) is 0 Å². The Bertz CT molecular complexity index is 548. The van der Waals surface area contributed by atoms with Gasteiger partial charge in [-0.3, -0.25) is 0 Å². The molecule has 0 unspecified atom stereocenters. The summed E-state index contributed by atoms with van der Waals surface area (Å²) in [5.41, 5.74) is 6.02. The van der Waals surface area contributed by atoms with Crippen molar-refractivity contribution in [1.29, 1.82) is 0 Å². The molecule has 0 fully saturated rings. The second-order valence-electron chi connectivity index (χ2n) is 4.03. The SMILES string of the molecule is C=Cc1ccc(C)c(-c2ccccc2)c1C=C. The molecule has 0 N–H and O–H groups in total. The molecular weight excluding hydrogens is 204 g/mol. The van der Waals surface area contributed by atoms with Crippen LogP contribution in [0.4, 0.5) is 0 Å². The van der Waals surface area contributed by atoms with Crippen LogP contribution in [-0.4, -0.2) is 0 Å². The topological polar surface area (TPSA) is 0 Å². The lowest BCUT2D eigenvalue weighted by Gasteiger charge is -2.13. The van der Waals surface area contributed by atoms with Crippen molar-refractivity contribution < 1.29 is 0 Å². The van der Waals surface area contributed by atoms with Gasteiger partial charge in [0.15, 0.2) is 0 Å². The van der Waals surface area contributed by atoms with E-state index >= 15 is 0 Å². The van der Waals surface area contributed by atoms with Gasteiger partial charge in [0.05, 0.1) is 0 Å². The van der Waals surface area contributed by atoms with Crippen molar-refractivity contribution in [3.63, 3.8) is 0 Å². The first-order valence-corrected chi connectivity index (χ1v) is 5.72. The smallest absolute Gasteiger partial charge is 0.00763 e. The summed E-state index contributed by atoms with van der Waals surface area (Å²) in [6, 6.07) is 14.6. The molecule has 0 radical (unpaired) electrons. The zero-order valence-corrected chi connectivity index (χ0v) is 10.1. The maximum Gasteiger partial charge on any atom is -0.00763 e. The molecule has 17 heavy (non-hydrogen) atoms. The molecule has 2 rings (SSSR count). The fourth-order valence-corrected chi connectivity index (χ4v) is 2.13. The van der Waals surface area contributed by atoms with Crippen LogP contribution in [0.3, 0.4) is 0 Å². The molecule has 0 spiro atoms. The van der Waals surface area contributed by atoms with Crippen LogP contribution in [0.5, 0.6) is 0 Å². The van der Waals surface area contributed by atoms with Gasteiger partial charge in [-0.1, -0.05) is 67.8 Å². The molecule has 84 valence electrons. The van der Waals surface area contributed by atoms with Crippen LogP contribution in [0.25, 0.3) is 23.3 Å². The maximum absolute atomic E-state index is 3.92. The van der Waals surface area contributed by atoms with Gasteiger partial charge in [-0.05, 0) is 34.7 Å². The molecule has 0 aliphatic carbocycles. The number of hydrogen-bond acceptors (Lipinski definition) is 0. The Morgan fingerprint density at radius 2 is 1.59 bits per heavy atom. The summed E-state index contributed by atoms with van der Waals surface area (Å²) in [4.78, 5) is 0. The highest BCUT2D eigenvalue weighted by molar-refractivity contribution is 5.82. The highest BCUT2D eigenvalue weighted by atomic mass is 14.1. The van der Waals surface area contributed by atoms with Gasteiger partial charge in [0.25, 0.3) is 0 Å². The number of rotatable bonds is 3. The van der Waals surface area contributed by atoms with Crippen molar-refractivity contribution in [3.05, 3.63) is 72.3 Å². The minimum Gasteiger partial charge on any atom is -0.0984 e. The summed E-state index contributed by atoms with van der Waals surface area (Å²) in [6.07, 6.45) is 3.79. The third-order valence-electron chi connectivity index (χ3n) is 2.97. The van der Waals surface area contributed by atoms with Crippen LogP contribution in [0.1, 0.15) is 16.7 Å². The number of benzene rings is 2. The molecule has 2 aromatic rings. The Hall–Kier alpha value is -2.08. The van der Waals surface area contributed by atoms with Crippen molar-refractivity contribution in [2.45, 2.75) is 6.92 Å². The van der Waals surface area contributed by atoms with Crippen molar-refractivity contribution in [2.24, 2.45) is 0 Å². The van der Waals surface area contributed by atoms with Gasteiger partial charge in [-0.2, -0.15) is 0 Å². The van der Waals surface area contributed by atoms with Crippen LogP contribution >= 0.6 is 0 Å². The summed E-state index contributed by atoms with van der Waals surface area (Å²) in [6.45, 7) is 9.90. The minimum atomic E-state index is 1.13. The first kappa shape index (κ1) is 11.4. The summed E-state index contributed by atoms with van der Waals surface area (Å²) in [5, 5.41) is 0. The monoisotopic (exact) mass is 220 g/mol. The molecule has 0 nitrogen and oxygen atoms in total. The number of hydrogen-bond donors (Lipinski definition) is 0. The molecule has 0 aromatic heterocycles. The second-order valence-corrected chi connectivity index (χ2v) is 4.03. The molecule has 0 atom stereocenters. The van der Waals surface area contributed by atoms with Crippen molar-refractivity contribution in [3.8, 4) is 11.1 Å². The quantitative estimate of drug-likeness (QED) is 0.686. The van der Waals surface area contributed by atoms with Gasteiger partial charge >= 0.3 is 0 Å². The third-order valence-corrected chi connectivity index (χ3v) is 2.97. The van der Waals surface area contributed by atoms with E-state index in [9.17, 15) is 0 Å². The van der Waals surface area contributed by atoms with E-state index in [1.54, 1.807) is 0 Å². The van der Waals surface area contributed by atoms with Crippen LogP contribution < -0.4 is 0 Å². The van der Waals surface area contributed by atoms with Gasteiger partial charge in [-0.15, -0.1) is 0 Å². The second kappa shape index (κ2) is 4.84. The maximum atomic E-state index is 3.92. The molecule has 2 aromatic carbocycles. The molecule has 0 heteroatoms. The third kappa shape index (κ3) is 2.07. The Labute approximate surface area is 103 Å². The molecule has 0 saturated heterocycles. The summed E-state index contributed by atoms with van der Waals surface area (Å²) < 4.78 is 0. The highest BCUT2D eigenvalue weighted by Crippen LogP contribution is 2.31. The molecule has 0 aliphatic heterocycles. The van der Waals surface area contributed by atoms with Crippen LogP contribution in [0.15, 0.2) is 55.6 Å². The summed E-state index contributed by atoms with van der Waals surface area (Å²) in [7, 11) is 0. The van der Waals surface area contributed by atoms with E-state index in [2.05, 4.69) is 56.5 Å². The van der Waals surface area contributed by atoms with Crippen LogP contribution in [0.2, 0.25) is 0 Å². The first-order valence-electron chi connectivity index (χ1n) is 5.72. The van der Waals surface area contributed by atoms with Gasteiger partial charge in [0.1, 0.15) is 0 Å². The van der Waals surface area contributed by atoms with Gasteiger partial charge in [-0.25, -0.2) is 0 Å². The lowest BCUT2D eigenvalue weighted by molar-refractivity contribution is 1.43. The first-order chi connectivity index (χ1) is 8.27. The van der Waals surface area contributed by atoms with Crippen LogP contribution in [-0.2, 0) is 0 Å². The van der Waals surface area contributed by atoms with E-state index in [1.807, 2.05) is 18.2 Å². The molecule has 0 amide bonds.